The van der Waals surface area contributed by atoms with Crippen molar-refractivity contribution in [2.24, 2.45) is 17.3 Å². The molecule has 136 valence electrons. The van der Waals surface area contributed by atoms with Gasteiger partial charge in [-0.05, 0) is 70.5 Å². The maximum absolute atomic E-state index is 12.3. The highest BCUT2D eigenvalue weighted by Gasteiger charge is 2.47. The third-order valence-corrected chi connectivity index (χ3v) is 6.76. The van der Waals surface area contributed by atoms with Gasteiger partial charge in [-0.1, -0.05) is 37.6 Å². The number of carbonyl (C=O) groups is 1. The number of Topliss-reactive ketones (excluding diaryl/α,β-unsaturated/α-hetero) is 1. The molecule has 2 nitrogen and oxygen atoms in total. The number of hydrogen-bond acceptors (Lipinski definition) is 2. The Morgan fingerprint density at radius 3 is 2.71 bits per heavy atom. The smallest absolute Gasteiger partial charge is 0.184 e. The molecule has 3 heteroatoms. The molecule has 0 aromatic carbocycles. The fraction of sp³-hybridized carbons (Fsp3) is 0.762. The van der Waals surface area contributed by atoms with Crippen molar-refractivity contribution >= 4 is 14.1 Å². The van der Waals surface area contributed by atoms with E-state index in [1.807, 2.05) is 0 Å². The lowest BCUT2D eigenvalue weighted by molar-refractivity contribution is -0.128. The molecule has 0 aromatic heterocycles. The minimum atomic E-state index is -1.54. The predicted molar refractivity (Wildman–Crippen MR) is 105 cm³/mol. The first-order valence-corrected chi connectivity index (χ1v) is 13.0. The summed E-state index contributed by atoms with van der Waals surface area (Å²) >= 11 is 0. The number of hydrogen-bond donors (Lipinski definition) is 0. The Labute approximate surface area is 149 Å². The Kier molecular flexibility index (Phi) is 5.66. The van der Waals surface area contributed by atoms with Crippen LogP contribution < -0.4 is 0 Å². The van der Waals surface area contributed by atoms with Crippen LogP contribution in [0.2, 0.25) is 19.6 Å². The van der Waals surface area contributed by atoms with Crippen molar-refractivity contribution < 1.29 is 9.22 Å². The second-order valence-electron chi connectivity index (χ2n) is 9.54. The summed E-state index contributed by atoms with van der Waals surface area (Å²) in [5.74, 6) is 1.24. The Hall–Kier alpha value is -0.673. The van der Waals surface area contributed by atoms with Gasteiger partial charge < -0.3 is 4.43 Å². The molecule has 1 unspecified atom stereocenters. The number of ketones is 1. The van der Waals surface area contributed by atoms with E-state index in [1.54, 1.807) is 0 Å². The minimum absolute atomic E-state index is 0.118. The summed E-state index contributed by atoms with van der Waals surface area (Å²) in [5, 5.41) is 0. The highest BCUT2D eigenvalue weighted by Crippen LogP contribution is 2.53. The van der Waals surface area contributed by atoms with E-state index in [4.69, 9.17) is 4.43 Å². The third-order valence-electron chi connectivity index (χ3n) is 5.62. The molecule has 24 heavy (non-hydrogen) atoms. The first-order chi connectivity index (χ1) is 10.9. The van der Waals surface area contributed by atoms with Crippen LogP contribution in [0.5, 0.6) is 0 Å². The minimum Gasteiger partial charge on any atom is -0.409 e. The van der Waals surface area contributed by atoms with Gasteiger partial charge in [0.1, 0.15) is 5.78 Å². The maximum atomic E-state index is 12.3. The second-order valence-corrected chi connectivity index (χ2v) is 14.0. The highest BCUT2D eigenvalue weighted by atomic mass is 28.4. The molecule has 3 atom stereocenters. The number of rotatable bonds is 6. The van der Waals surface area contributed by atoms with Crippen LogP contribution in [0.15, 0.2) is 23.8 Å². The summed E-state index contributed by atoms with van der Waals surface area (Å²) in [6.07, 6.45) is 11.9. The first kappa shape index (κ1) is 19.6. The fourth-order valence-electron chi connectivity index (χ4n) is 4.82. The van der Waals surface area contributed by atoms with Gasteiger partial charge in [-0.15, -0.1) is 0 Å². The lowest BCUT2D eigenvalue weighted by Crippen LogP contribution is -2.37. The summed E-state index contributed by atoms with van der Waals surface area (Å²) in [7, 11) is -1.54. The SMILES string of the molecule is C[C@@H](C/C=C/C(C)(C)O[Si](C)(C)C)C1=CCC2C(=O)CCC[C@]12C. The van der Waals surface area contributed by atoms with E-state index < -0.39 is 8.32 Å². The molecule has 2 aliphatic carbocycles. The molecule has 1 saturated carbocycles. The number of carbonyl (C=O) groups excluding carboxylic acids is 1. The lowest BCUT2D eigenvalue weighted by Gasteiger charge is -2.40. The van der Waals surface area contributed by atoms with E-state index >= 15 is 0 Å². The van der Waals surface area contributed by atoms with E-state index in [9.17, 15) is 4.79 Å². The van der Waals surface area contributed by atoms with Crippen LogP contribution in [0.1, 0.15) is 59.8 Å². The van der Waals surface area contributed by atoms with Crippen molar-refractivity contribution in [1.29, 1.82) is 0 Å². The molecule has 0 saturated heterocycles. The van der Waals surface area contributed by atoms with E-state index in [-0.39, 0.29) is 16.9 Å². The zero-order chi connectivity index (χ0) is 18.2. The van der Waals surface area contributed by atoms with E-state index in [0.29, 0.717) is 11.7 Å². The summed E-state index contributed by atoms with van der Waals surface area (Å²) in [5.41, 5.74) is 1.45. The fourth-order valence-corrected chi connectivity index (χ4v) is 6.47. The van der Waals surface area contributed by atoms with Crippen molar-refractivity contribution in [3.63, 3.8) is 0 Å². The topological polar surface area (TPSA) is 26.3 Å². The Morgan fingerprint density at radius 1 is 1.42 bits per heavy atom. The molecule has 0 bridgehead atoms. The van der Waals surface area contributed by atoms with Crippen LogP contribution in [-0.4, -0.2) is 19.7 Å². The van der Waals surface area contributed by atoms with Crippen molar-refractivity contribution in [2.75, 3.05) is 0 Å². The zero-order valence-electron chi connectivity index (χ0n) is 16.7. The molecular weight excluding hydrogens is 312 g/mol. The van der Waals surface area contributed by atoms with Gasteiger partial charge in [0.15, 0.2) is 8.32 Å². The third kappa shape index (κ3) is 4.48. The summed E-state index contributed by atoms with van der Waals surface area (Å²) in [6.45, 7) is 15.6. The van der Waals surface area contributed by atoms with Crippen LogP contribution in [0, 0.1) is 17.3 Å². The van der Waals surface area contributed by atoms with Crippen molar-refractivity contribution in [3.05, 3.63) is 23.8 Å². The van der Waals surface area contributed by atoms with Crippen molar-refractivity contribution in [2.45, 2.75) is 85.0 Å². The largest absolute Gasteiger partial charge is 0.409 e. The number of allylic oxidation sites excluding steroid dienone is 3. The Morgan fingerprint density at radius 2 is 2.08 bits per heavy atom. The molecule has 0 aliphatic heterocycles. The molecule has 0 spiro atoms. The molecule has 0 heterocycles. The van der Waals surface area contributed by atoms with Crippen LogP contribution in [-0.2, 0) is 9.22 Å². The molecule has 2 aliphatic rings. The van der Waals surface area contributed by atoms with Gasteiger partial charge in [-0.2, -0.15) is 0 Å². The molecule has 0 aromatic rings. The Bertz CT molecular complexity index is 539. The van der Waals surface area contributed by atoms with Gasteiger partial charge in [0, 0.05) is 12.3 Å². The molecular formula is C21H36O2Si. The average Bonchev–Trinajstić information content (AvgIpc) is 2.74. The first-order valence-electron chi connectivity index (χ1n) is 9.56. The van der Waals surface area contributed by atoms with E-state index in [0.717, 1.165) is 25.7 Å². The molecule has 0 N–H and O–H groups in total. The predicted octanol–water partition coefficient (Wildman–Crippen LogP) is 5.90. The van der Waals surface area contributed by atoms with E-state index in [1.165, 1.54) is 12.0 Å². The van der Waals surface area contributed by atoms with Crippen molar-refractivity contribution in [3.8, 4) is 0 Å². The normalized spacial score (nSPS) is 29.7. The van der Waals surface area contributed by atoms with E-state index in [2.05, 4.69) is 65.6 Å². The van der Waals surface area contributed by atoms with Crippen LogP contribution in [0.4, 0.5) is 0 Å². The molecule has 1 fully saturated rings. The molecule has 0 radical (unpaired) electrons. The summed E-state index contributed by atoms with van der Waals surface area (Å²) < 4.78 is 6.25. The van der Waals surface area contributed by atoms with Gasteiger partial charge >= 0.3 is 0 Å². The van der Waals surface area contributed by atoms with Gasteiger partial charge in [0.25, 0.3) is 0 Å². The summed E-state index contributed by atoms with van der Waals surface area (Å²) in [6, 6.07) is 0. The zero-order valence-corrected chi connectivity index (χ0v) is 17.7. The quantitative estimate of drug-likeness (QED) is 0.441. The lowest BCUT2D eigenvalue weighted by atomic mass is 9.63. The molecule has 0 amide bonds. The molecule has 2 rings (SSSR count). The highest BCUT2D eigenvalue weighted by molar-refractivity contribution is 6.69. The summed E-state index contributed by atoms with van der Waals surface area (Å²) in [4.78, 5) is 12.3. The van der Waals surface area contributed by atoms with Crippen LogP contribution in [0.3, 0.4) is 0 Å². The number of fused-ring (bicyclic) bond motifs is 1. The maximum Gasteiger partial charge on any atom is 0.184 e. The Balaban J connectivity index is 1.99. The van der Waals surface area contributed by atoms with Gasteiger partial charge in [-0.3, -0.25) is 4.79 Å². The standard InChI is InChI=1S/C21H36O2Si/c1-16(10-8-14-20(2,3)23-24(5,6)7)17-12-13-18-19(22)11-9-15-21(17,18)4/h8,12,14,16,18H,9-11,13,15H2,1-7H3/b14-8+/t16-,18?,21+/m0/s1. The van der Waals surface area contributed by atoms with Crippen LogP contribution in [0.25, 0.3) is 0 Å². The van der Waals surface area contributed by atoms with Crippen LogP contribution >= 0.6 is 0 Å². The van der Waals surface area contributed by atoms with Gasteiger partial charge in [0.05, 0.1) is 5.60 Å². The monoisotopic (exact) mass is 348 g/mol. The van der Waals surface area contributed by atoms with Crippen molar-refractivity contribution in [1.82, 2.24) is 0 Å². The van der Waals surface area contributed by atoms with Gasteiger partial charge in [-0.25, -0.2) is 0 Å². The van der Waals surface area contributed by atoms with Gasteiger partial charge in [0.2, 0.25) is 0 Å². The average molecular weight is 349 g/mol. The second kappa shape index (κ2) is 6.91.